The summed E-state index contributed by atoms with van der Waals surface area (Å²) in [4.78, 5) is 2.26. The Kier molecular flexibility index (Phi) is 6.27. The topological polar surface area (TPSA) is 28.0 Å². The Balaban J connectivity index is 1.99. The van der Waals surface area contributed by atoms with Gasteiger partial charge in [0, 0.05) is 19.6 Å². The fourth-order valence-electron chi connectivity index (χ4n) is 2.11. The van der Waals surface area contributed by atoms with E-state index in [9.17, 15) is 0 Å². The number of rotatable bonds is 8. The van der Waals surface area contributed by atoms with Crippen LogP contribution in [0, 0.1) is 0 Å². The molecule has 0 aliphatic heterocycles. The van der Waals surface area contributed by atoms with Crippen LogP contribution >= 0.6 is 0 Å². The molecule has 3 heteroatoms. The van der Waals surface area contributed by atoms with Gasteiger partial charge in [-0.15, -0.1) is 13.2 Å². The van der Waals surface area contributed by atoms with Gasteiger partial charge < -0.3 is 0 Å². The molecule has 0 amide bonds. The maximum atomic E-state index is 4.25. The Hall–Kier alpha value is -2.52. The average molecular weight is 291 g/mol. The van der Waals surface area contributed by atoms with Gasteiger partial charge >= 0.3 is 0 Å². The summed E-state index contributed by atoms with van der Waals surface area (Å²) >= 11 is 0. The van der Waals surface area contributed by atoms with E-state index in [1.807, 2.05) is 54.6 Å². The number of benzene rings is 2. The Bertz CT molecular complexity index is 605. The Morgan fingerprint density at radius 3 is 1.86 bits per heavy atom. The molecule has 112 valence electrons. The minimum absolute atomic E-state index is 0.849. The van der Waals surface area contributed by atoms with Crippen molar-refractivity contribution in [3.05, 3.63) is 85.5 Å². The summed E-state index contributed by atoms with van der Waals surface area (Å²) in [7, 11) is 0. The van der Waals surface area contributed by atoms with E-state index >= 15 is 0 Å². The van der Waals surface area contributed by atoms with Crippen LogP contribution in [0.4, 0.5) is 11.4 Å². The molecule has 0 aliphatic rings. The lowest BCUT2D eigenvalue weighted by molar-refractivity contribution is 0.328. The SMILES string of the molecule is C=CCN(CC=C)Cc1ccc(N=Nc2ccccc2)cc1. The molecule has 0 heterocycles. The molecule has 0 spiro atoms. The summed E-state index contributed by atoms with van der Waals surface area (Å²) in [6.07, 6.45) is 3.82. The van der Waals surface area contributed by atoms with Crippen molar-refractivity contribution in [1.29, 1.82) is 0 Å². The van der Waals surface area contributed by atoms with E-state index in [2.05, 4.69) is 40.4 Å². The highest BCUT2D eigenvalue weighted by Gasteiger charge is 2.02. The first-order valence-electron chi connectivity index (χ1n) is 7.31. The summed E-state index contributed by atoms with van der Waals surface area (Å²) < 4.78 is 0. The standard InChI is InChI=1S/C19H21N3/c1-3-14-22(15-4-2)16-17-10-12-19(13-11-17)21-20-18-8-6-5-7-9-18/h3-13H,1-2,14-16H2. The molecule has 3 nitrogen and oxygen atoms in total. The van der Waals surface area contributed by atoms with E-state index in [0.717, 1.165) is 31.0 Å². The van der Waals surface area contributed by atoms with Crippen molar-refractivity contribution in [2.75, 3.05) is 13.1 Å². The van der Waals surface area contributed by atoms with Crippen molar-refractivity contribution >= 4 is 11.4 Å². The van der Waals surface area contributed by atoms with Gasteiger partial charge in [-0.05, 0) is 29.8 Å². The van der Waals surface area contributed by atoms with Crippen LogP contribution < -0.4 is 0 Å². The maximum Gasteiger partial charge on any atom is 0.0857 e. The molecule has 2 rings (SSSR count). The van der Waals surface area contributed by atoms with Crippen LogP contribution in [0.2, 0.25) is 0 Å². The van der Waals surface area contributed by atoms with Crippen molar-refractivity contribution < 1.29 is 0 Å². The van der Waals surface area contributed by atoms with Crippen molar-refractivity contribution in [3.63, 3.8) is 0 Å². The predicted octanol–water partition coefficient (Wildman–Crippen LogP) is 5.28. The third kappa shape index (κ3) is 5.11. The van der Waals surface area contributed by atoms with Crippen LogP contribution in [0.5, 0.6) is 0 Å². The number of nitrogens with zero attached hydrogens (tertiary/aromatic N) is 3. The zero-order valence-electron chi connectivity index (χ0n) is 12.7. The lowest BCUT2D eigenvalue weighted by atomic mass is 10.2. The second kappa shape index (κ2) is 8.70. The van der Waals surface area contributed by atoms with Gasteiger partial charge in [-0.2, -0.15) is 10.2 Å². The molecule has 0 atom stereocenters. The molecule has 0 bridgehead atoms. The van der Waals surface area contributed by atoms with E-state index in [1.54, 1.807) is 0 Å². The fourth-order valence-corrected chi connectivity index (χ4v) is 2.11. The van der Waals surface area contributed by atoms with Crippen molar-refractivity contribution in [3.8, 4) is 0 Å². The minimum Gasteiger partial charge on any atom is -0.292 e. The highest BCUT2D eigenvalue weighted by atomic mass is 15.1. The second-order valence-corrected chi connectivity index (χ2v) is 4.97. The Morgan fingerprint density at radius 1 is 0.773 bits per heavy atom. The van der Waals surface area contributed by atoms with Gasteiger partial charge in [0.25, 0.3) is 0 Å². The summed E-state index contributed by atoms with van der Waals surface area (Å²) in [6.45, 7) is 10.1. The van der Waals surface area contributed by atoms with Crippen LogP contribution in [0.25, 0.3) is 0 Å². The minimum atomic E-state index is 0.849. The van der Waals surface area contributed by atoms with Gasteiger partial charge in [-0.1, -0.05) is 42.5 Å². The fraction of sp³-hybridized carbons (Fsp3) is 0.158. The normalized spacial score (nSPS) is 11.0. The number of azo groups is 1. The zero-order valence-corrected chi connectivity index (χ0v) is 12.7. The third-order valence-electron chi connectivity index (χ3n) is 3.15. The molecule has 0 saturated heterocycles. The third-order valence-corrected chi connectivity index (χ3v) is 3.15. The van der Waals surface area contributed by atoms with Gasteiger partial charge in [-0.25, -0.2) is 0 Å². The Labute approximate surface area is 132 Å². The molecule has 0 aromatic heterocycles. The quantitative estimate of drug-likeness (QED) is 0.480. The van der Waals surface area contributed by atoms with Crippen molar-refractivity contribution in [1.82, 2.24) is 4.90 Å². The van der Waals surface area contributed by atoms with Gasteiger partial charge in [0.2, 0.25) is 0 Å². The molecule has 22 heavy (non-hydrogen) atoms. The molecule has 0 aliphatic carbocycles. The first-order valence-corrected chi connectivity index (χ1v) is 7.31. The second-order valence-electron chi connectivity index (χ2n) is 4.97. The van der Waals surface area contributed by atoms with E-state index in [0.29, 0.717) is 0 Å². The molecule has 0 unspecified atom stereocenters. The summed E-state index contributed by atoms with van der Waals surface area (Å²) in [5, 5.41) is 8.46. The first kappa shape index (κ1) is 15.9. The lowest BCUT2D eigenvalue weighted by Gasteiger charge is -2.18. The summed E-state index contributed by atoms with van der Waals surface area (Å²) in [5.41, 5.74) is 2.95. The lowest BCUT2D eigenvalue weighted by Crippen LogP contribution is -2.23. The summed E-state index contributed by atoms with van der Waals surface area (Å²) in [5.74, 6) is 0. The largest absolute Gasteiger partial charge is 0.292 e. The zero-order chi connectivity index (χ0) is 15.6. The molecular formula is C19H21N3. The highest BCUT2D eigenvalue weighted by Crippen LogP contribution is 2.18. The van der Waals surface area contributed by atoms with Crippen LogP contribution in [0.15, 0.2) is 90.1 Å². The Morgan fingerprint density at radius 2 is 1.32 bits per heavy atom. The molecule has 0 fully saturated rings. The van der Waals surface area contributed by atoms with Gasteiger partial charge in [0.1, 0.15) is 0 Å². The van der Waals surface area contributed by atoms with E-state index < -0.39 is 0 Å². The number of hydrogen-bond acceptors (Lipinski definition) is 3. The van der Waals surface area contributed by atoms with Crippen LogP contribution in [0.3, 0.4) is 0 Å². The molecule has 0 radical (unpaired) electrons. The van der Waals surface area contributed by atoms with Crippen LogP contribution in [0.1, 0.15) is 5.56 Å². The highest BCUT2D eigenvalue weighted by molar-refractivity contribution is 5.40. The number of hydrogen-bond donors (Lipinski definition) is 0. The van der Waals surface area contributed by atoms with Crippen molar-refractivity contribution in [2.24, 2.45) is 10.2 Å². The van der Waals surface area contributed by atoms with Gasteiger partial charge in [-0.3, -0.25) is 4.90 Å². The van der Waals surface area contributed by atoms with Crippen LogP contribution in [-0.4, -0.2) is 18.0 Å². The van der Waals surface area contributed by atoms with Gasteiger partial charge in [0.15, 0.2) is 0 Å². The van der Waals surface area contributed by atoms with Gasteiger partial charge in [0.05, 0.1) is 11.4 Å². The van der Waals surface area contributed by atoms with Crippen LogP contribution in [-0.2, 0) is 6.54 Å². The molecule has 0 saturated carbocycles. The predicted molar refractivity (Wildman–Crippen MR) is 92.7 cm³/mol. The molecular weight excluding hydrogens is 270 g/mol. The molecule has 0 N–H and O–H groups in total. The first-order chi connectivity index (χ1) is 10.8. The summed E-state index contributed by atoms with van der Waals surface area (Å²) in [6, 6.07) is 17.9. The van der Waals surface area contributed by atoms with E-state index in [-0.39, 0.29) is 0 Å². The monoisotopic (exact) mass is 291 g/mol. The maximum absolute atomic E-state index is 4.25. The van der Waals surface area contributed by atoms with E-state index in [1.165, 1.54) is 5.56 Å². The smallest absolute Gasteiger partial charge is 0.0857 e. The average Bonchev–Trinajstić information content (AvgIpc) is 2.56. The molecule has 2 aromatic rings. The van der Waals surface area contributed by atoms with E-state index in [4.69, 9.17) is 0 Å². The molecule has 2 aromatic carbocycles. The van der Waals surface area contributed by atoms with Crippen molar-refractivity contribution in [2.45, 2.75) is 6.54 Å².